The molecule has 46 heavy (non-hydrogen) atoms. The van der Waals surface area contributed by atoms with Crippen LogP contribution < -0.4 is 0 Å². The number of aromatic nitrogens is 6. The molecule has 0 radical (unpaired) electrons. The summed E-state index contributed by atoms with van der Waals surface area (Å²) < 4.78 is 7.50. The Kier molecular flexibility index (Phi) is 9.52. The van der Waals surface area contributed by atoms with Crippen LogP contribution in [0.5, 0.6) is 0 Å². The first kappa shape index (κ1) is 32.0. The predicted molar refractivity (Wildman–Crippen MR) is 168 cm³/mol. The van der Waals surface area contributed by atoms with E-state index in [2.05, 4.69) is 43.9 Å². The summed E-state index contributed by atoms with van der Waals surface area (Å²) in [6.45, 7) is 8.04. The molecule has 0 aliphatic rings. The monoisotopic (exact) mass is 625 g/mol. The van der Waals surface area contributed by atoms with Crippen LogP contribution in [0.2, 0.25) is 0 Å². The lowest BCUT2D eigenvalue weighted by Crippen LogP contribution is -2.18. The van der Waals surface area contributed by atoms with Gasteiger partial charge in [0.1, 0.15) is 24.6 Å². The molecular formula is C33H35N7O6. The highest BCUT2D eigenvalue weighted by Crippen LogP contribution is 2.31. The second-order valence-corrected chi connectivity index (χ2v) is 11.4. The summed E-state index contributed by atoms with van der Waals surface area (Å²) in [4.78, 5) is 32.9. The zero-order chi connectivity index (χ0) is 32.8. The lowest BCUT2D eigenvalue weighted by molar-refractivity contribution is -0.763. The zero-order valence-corrected chi connectivity index (χ0v) is 26.1. The van der Waals surface area contributed by atoms with Crippen LogP contribution in [-0.2, 0) is 41.4 Å². The third-order valence-corrected chi connectivity index (χ3v) is 7.43. The number of rotatable bonds is 12. The van der Waals surface area contributed by atoms with Gasteiger partial charge in [-0.25, -0.2) is 9.78 Å². The number of tetrazole rings is 1. The third-order valence-electron chi connectivity index (χ3n) is 7.43. The van der Waals surface area contributed by atoms with Crippen molar-refractivity contribution in [3.05, 3.63) is 117 Å². The van der Waals surface area contributed by atoms with Gasteiger partial charge >= 0.3 is 6.09 Å². The second-order valence-electron chi connectivity index (χ2n) is 11.4. The van der Waals surface area contributed by atoms with Crippen LogP contribution in [0.3, 0.4) is 0 Å². The van der Waals surface area contributed by atoms with Crippen molar-refractivity contribution in [3.8, 4) is 22.5 Å². The number of hydrogen-bond donors (Lipinski definition) is 1. The standard InChI is InChI=1S/C33H35N7O6/c1-5-8-29-34-30(33(3,4)42)22(2)38(29)19-23-15-17-26(18-16-23)27-9-6-7-10-28(27)31-35-37-39(36-31)32(41)45-20-24-11-13-25(14-12-24)21-46-40(43)44/h6-7,9-18,42H,5,8,19-21H2,1-4H3. The van der Waals surface area contributed by atoms with Crippen molar-refractivity contribution in [2.75, 3.05) is 0 Å². The number of carbonyl (C=O) groups excluding carboxylic acids is 1. The van der Waals surface area contributed by atoms with Crippen LogP contribution in [0.25, 0.3) is 22.5 Å². The molecule has 5 rings (SSSR count). The van der Waals surface area contributed by atoms with Crippen molar-refractivity contribution in [3.63, 3.8) is 0 Å². The highest BCUT2D eigenvalue weighted by atomic mass is 16.9. The molecular weight excluding hydrogens is 590 g/mol. The molecule has 1 N–H and O–H groups in total. The quantitative estimate of drug-likeness (QED) is 0.136. The molecule has 0 saturated heterocycles. The first-order chi connectivity index (χ1) is 22.0. The summed E-state index contributed by atoms with van der Waals surface area (Å²) >= 11 is 0. The first-order valence-corrected chi connectivity index (χ1v) is 14.8. The van der Waals surface area contributed by atoms with Crippen LogP contribution in [-0.4, -0.2) is 46.0 Å². The van der Waals surface area contributed by atoms with Crippen LogP contribution in [0, 0.1) is 17.0 Å². The number of ether oxygens (including phenoxy) is 1. The molecule has 0 spiro atoms. The summed E-state index contributed by atoms with van der Waals surface area (Å²) in [6.07, 6.45) is 0.972. The summed E-state index contributed by atoms with van der Waals surface area (Å²) in [5.41, 5.74) is 5.52. The number of aliphatic hydroxyl groups is 1. The molecule has 0 unspecified atom stereocenters. The fourth-order valence-corrected chi connectivity index (χ4v) is 5.16. The minimum atomic E-state index is -1.02. The van der Waals surface area contributed by atoms with Crippen LogP contribution >= 0.6 is 0 Å². The number of carbonyl (C=O) groups is 1. The van der Waals surface area contributed by atoms with E-state index in [1.807, 2.05) is 43.3 Å². The summed E-state index contributed by atoms with van der Waals surface area (Å²) in [6, 6.07) is 22.5. The normalized spacial score (nSPS) is 11.4. The molecule has 2 heterocycles. The highest BCUT2D eigenvalue weighted by Gasteiger charge is 2.25. The van der Waals surface area contributed by atoms with E-state index in [1.165, 1.54) is 0 Å². The van der Waals surface area contributed by atoms with Gasteiger partial charge < -0.3 is 19.2 Å². The molecule has 13 nitrogen and oxygen atoms in total. The first-order valence-electron chi connectivity index (χ1n) is 14.8. The van der Waals surface area contributed by atoms with Gasteiger partial charge in [-0.1, -0.05) is 84.5 Å². The Morgan fingerprint density at radius 2 is 1.59 bits per heavy atom. The lowest BCUT2D eigenvalue weighted by atomic mass is 9.98. The largest absolute Gasteiger partial charge is 0.454 e. The van der Waals surface area contributed by atoms with E-state index in [4.69, 9.17) is 9.72 Å². The number of nitrogens with zero attached hydrogens (tertiary/aromatic N) is 7. The average Bonchev–Trinajstić information content (AvgIpc) is 3.65. The Morgan fingerprint density at radius 3 is 2.22 bits per heavy atom. The fraction of sp³-hybridized carbons (Fsp3) is 0.303. The van der Waals surface area contributed by atoms with Gasteiger partial charge in [0.05, 0.1) is 5.69 Å². The molecule has 0 aliphatic carbocycles. The molecule has 5 aromatic rings. The van der Waals surface area contributed by atoms with Crippen molar-refractivity contribution in [1.82, 2.24) is 29.8 Å². The summed E-state index contributed by atoms with van der Waals surface area (Å²) in [5, 5.41) is 32.4. The van der Waals surface area contributed by atoms with Crippen molar-refractivity contribution < 1.29 is 24.6 Å². The Bertz CT molecular complexity index is 1820. The topological polar surface area (TPSA) is 160 Å². The van der Waals surface area contributed by atoms with Crippen molar-refractivity contribution in [2.45, 2.75) is 65.9 Å². The van der Waals surface area contributed by atoms with Crippen LogP contribution in [0.1, 0.15) is 61.1 Å². The number of benzene rings is 3. The van der Waals surface area contributed by atoms with Crippen LogP contribution in [0.15, 0.2) is 72.8 Å². The average molecular weight is 626 g/mol. The smallest absolute Gasteiger partial charge is 0.442 e. The minimum absolute atomic E-state index is 0.0490. The molecule has 2 aromatic heterocycles. The van der Waals surface area contributed by atoms with E-state index in [0.717, 1.165) is 45.8 Å². The molecule has 13 heteroatoms. The van der Waals surface area contributed by atoms with Gasteiger partial charge in [-0.3, -0.25) is 0 Å². The maximum Gasteiger partial charge on any atom is 0.454 e. The van der Waals surface area contributed by atoms with Gasteiger partial charge in [-0.2, -0.15) is 0 Å². The SMILES string of the molecule is CCCc1nc(C(C)(C)O)c(C)n1Cc1ccc(-c2ccccc2-c2nnn(C(=O)OCc3ccc(CO[N+](=O)[O-])cc3)n2)cc1. The fourth-order valence-electron chi connectivity index (χ4n) is 5.16. The molecule has 0 atom stereocenters. The highest BCUT2D eigenvalue weighted by molar-refractivity contribution is 5.80. The molecule has 0 fully saturated rings. The summed E-state index contributed by atoms with van der Waals surface area (Å²) in [5.74, 6) is 1.22. The van der Waals surface area contributed by atoms with E-state index >= 15 is 0 Å². The van der Waals surface area contributed by atoms with Gasteiger partial charge in [0, 0.05) is 24.2 Å². The van der Waals surface area contributed by atoms with E-state index in [-0.39, 0.29) is 19.0 Å². The predicted octanol–water partition coefficient (Wildman–Crippen LogP) is 5.63. The van der Waals surface area contributed by atoms with E-state index in [0.29, 0.717) is 28.9 Å². The maximum atomic E-state index is 12.7. The van der Waals surface area contributed by atoms with E-state index in [1.54, 1.807) is 38.1 Å². The van der Waals surface area contributed by atoms with Crippen molar-refractivity contribution in [1.29, 1.82) is 0 Å². The summed E-state index contributed by atoms with van der Waals surface area (Å²) in [7, 11) is 0. The number of hydrogen-bond acceptors (Lipinski definition) is 10. The third kappa shape index (κ3) is 7.44. The Hall–Kier alpha value is -5.43. The lowest BCUT2D eigenvalue weighted by Gasteiger charge is -2.16. The maximum absolute atomic E-state index is 12.7. The van der Waals surface area contributed by atoms with Gasteiger partial charge in [0.2, 0.25) is 5.82 Å². The zero-order valence-electron chi connectivity index (χ0n) is 26.1. The molecule has 0 aliphatic heterocycles. The molecule has 0 amide bonds. The van der Waals surface area contributed by atoms with Gasteiger partial charge in [0.25, 0.3) is 5.09 Å². The Morgan fingerprint density at radius 1 is 0.957 bits per heavy atom. The Labute approximate surface area is 265 Å². The molecule has 238 valence electrons. The van der Waals surface area contributed by atoms with Crippen molar-refractivity contribution >= 4 is 6.09 Å². The minimum Gasteiger partial charge on any atom is -0.442 e. The van der Waals surface area contributed by atoms with E-state index in [9.17, 15) is 20.0 Å². The molecule has 0 saturated carbocycles. The van der Waals surface area contributed by atoms with Gasteiger partial charge in [-0.05, 0) is 60.2 Å². The number of aryl methyl sites for hydroxylation is 1. The Balaban J connectivity index is 1.28. The number of imidazole rings is 1. The molecule has 3 aromatic carbocycles. The van der Waals surface area contributed by atoms with Gasteiger partial charge in [-0.15, -0.1) is 20.3 Å². The van der Waals surface area contributed by atoms with Crippen LogP contribution in [0.4, 0.5) is 4.79 Å². The molecule has 0 bridgehead atoms. The van der Waals surface area contributed by atoms with E-state index < -0.39 is 16.8 Å². The van der Waals surface area contributed by atoms with Crippen molar-refractivity contribution in [2.24, 2.45) is 0 Å². The second kappa shape index (κ2) is 13.7. The van der Waals surface area contributed by atoms with Gasteiger partial charge in [0.15, 0.2) is 0 Å².